The molecule has 0 aliphatic rings. The lowest BCUT2D eigenvalue weighted by molar-refractivity contribution is 0.587. The normalized spacial score (nSPS) is 11.0. The smallest absolute Gasteiger partial charge is 0.195 e. The van der Waals surface area contributed by atoms with Crippen molar-refractivity contribution in [2.24, 2.45) is 5.92 Å². The molecule has 0 saturated carbocycles. The van der Waals surface area contributed by atoms with Crippen molar-refractivity contribution in [1.29, 1.82) is 0 Å². The summed E-state index contributed by atoms with van der Waals surface area (Å²) >= 11 is 5.27. The number of nitrogens with one attached hydrogen (secondary N) is 1. The third-order valence-corrected chi connectivity index (χ3v) is 2.92. The highest BCUT2D eigenvalue weighted by molar-refractivity contribution is 7.71. The molecule has 2 rings (SSSR count). The average Bonchev–Trinajstić information content (AvgIpc) is 2.62. The molecular formula is C13H17N3S. The molecule has 1 aromatic heterocycles. The van der Waals surface area contributed by atoms with E-state index in [1.807, 2.05) is 18.2 Å². The van der Waals surface area contributed by atoms with Crippen molar-refractivity contribution in [3.8, 4) is 0 Å². The van der Waals surface area contributed by atoms with E-state index in [0.717, 1.165) is 18.8 Å². The molecule has 0 aliphatic carbocycles. The predicted octanol–water partition coefficient (Wildman–Crippen LogP) is 3.19. The van der Waals surface area contributed by atoms with Crippen LogP contribution in [0.1, 0.15) is 25.2 Å². The van der Waals surface area contributed by atoms with Gasteiger partial charge in [0.15, 0.2) is 4.77 Å². The third-order valence-electron chi connectivity index (χ3n) is 2.61. The minimum Gasteiger partial charge on any atom is -0.300 e. The van der Waals surface area contributed by atoms with Gasteiger partial charge in [0.1, 0.15) is 5.82 Å². The lowest BCUT2D eigenvalue weighted by atomic mass is 10.1. The lowest BCUT2D eigenvalue weighted by Gasteiger charge is -2.08. The maximum atomic E-state index is 5.27. The maximum absolute atomic E-state index is 5.27. The molecule has 0 radical (unpaired) electrons. The molecule has 0 unspecified atom stereocenters. The van der Waals surface area contributed by atoms with Crippen molar-refractivity contribution in [3.05, 3.63) is 46.5 Å². The van der Waals surface area contributed by atoms with Crippen LogP contribution in [0.15, 0.2) is 30.3 Å². The molecule has 0 amide bonds. The number of rotatable bonds is 4. The second-order valence-electron chi connectivity index (χ2n) is 4.61. The summed E-state index contributed by atoms with van der Waals surface area (Å²) in [5, 5.41) is 7.18. The highest BCUT2D eigenvalue weighted by atomic mass is 32.1. The standard InChI is InChI=1S/C13H17N3S/c1-10(2)8-12-14-15-13(17)16(12)9-11-6-4-3-5-7-11/h3-7,10H,8-9H2,1-2H3,(H,15,17). The van der Waals surface area contributed by atoms with Gasteiger partial charge in [-0.15, -0.1) is 0 Å². The summed E-state index contributed by atoms with van der Waals surface area (Å²) in [7, 11) is 0. The van der Waals surface area contributed by atoms with Crippen molar-refractivity contribution in [3.63, 3.8) is 0 Å². The van der Waals surface area contributed by atoms with Crippen LogP contribution in [-0.2, 0) is 13.0 Å². The fourth-order valence-corrected chi connectivity index (χ4v) is 2.02. The molecule has 1 aromatic carbocycles. The van der Waals surface area contributed by atoms with E-state index < -0.39 is 0 Å². The lowest BCUT2D eigenvalue weighted by Crippen LogP contribution is -2.08. The van der Waals surface area contributed by atoms with Gasteiger partial charge in [0, 0.05) is 6.42 Å². The van der Waals surface area contributed by atoms with Gasteiger partial charge in [-0.05, 0) is 23.7 Å². The fraction of sp³-hybridized carbons (Fsp3) is 0.385. The summed E-state index contributed by atoms with van der Waals surface area (Å²) in [6, 6.07) is 10.3. The van der Waals surface area contributed by atoms with Crippen LogP contribution in [0.3, 0.4) is 0 Å². The number of hydrogen-bond donors (Lipinski definition) is 1. The zero-order valence-corrected chi connectivity index (χ0v) is 11.0. The molecule has 0 spiro atoms. The Morgan fingerprint density at radius 2 is 2.00 bits per heavy atom. The Kier molecular flexibility index (Phi) is 3.74. The molecule has 3 nitrogen and oxygen atoms in total. The zero-order valence-electron chi connectivity index (χ0n) is 10.2. The molecule has 0 bridgehead atoms. The fourth-order valence-electron chi connectivity index (χ4n) is 1.80. The first-order valence-corrected chi connectivity index (χ1v) is 6.25. The van der Waals surface area contributed by atoms with Gasteiger partial charge in [0.25, 0.3) is 0 Å². The van der Waals surface area contributed by atoms with Gasteiger partial charge < -0.3 is 0 Å². The van der Waals surface area contributed by atoms with Crippen LogP contribution in [0.4, 0.5) is 0 Å². The van der Waals surface area contributed by atoms with E-state index in [0.29, 0.717) is 10.7 Å². The Bertz CT molecular complexity index is 525. The second kappa shape index (κ2) is 5.27. The summed E-state index contributed by atoms with van der Waals surface area (Å²) in [5.41, 5.74) is 1.25. The second-order valence-corrected chi connectivity index (χ2v) is 5.00. The molecular weight excluding hydrogens is 230 g/mol. The number of aromatic amines is 1. The molecule has 0 atom stereocenters. The molecule has 90 valence electrons. The minimum absolute atomic E-state index is 0.578. The Hall–Kier alpha value is -1.42. The molecule has 0 aliphatic heterocycles. The van der Waals surface area contributed by atoms with E-state index in [1.54, 1.807) is 0 Å². The van der Waals surface area contributed by atoms with Gasteiger partial charge in [-0.1, -0.05) is 44.2 Å². The van der Waals surface area contributed by atoms with Crippen molar-refractivity contribution in [1.82, 2.24) is 14.8 Å². The number of hydrogen-bond acceptors (Lipinski definition) is 2. The maximum Gasteiger partial charge on any atom is 0.195 e. The molecule has 0 fully saturated rings. The molecule has 1 heterocycles. The summed E-state index contributed by atoms with van der Waals surface area (Å²) in [6.07, 6.45) is 0.944. The Morgan fingerprint density at radius 3 is 2.65 bits per heavy atom. The summed E-state index contributed by atoms with van der Waals surface area (Å²) in [5.74, 6) is 1.61. The highest BCUT2D eigenvalue weighted by Crippen LogP contribution is 2.09. The van der Waals surface area contributed by atoms with Gasteiger partial charge in [0.05, 0.1) is 6.54 Å². The van der Waals surface area contributed by atoms with Gasteiger partial charge >= 0.3 is 0 Å². The van der Waals surface area contributed by atoms with Gasteiger partial charge in [-0.2, -0.15) is 5.10 Å². The van der Waals surface area contributed by atoms with Crippen LogP contribution in [0.25, 0.3) is 0 Å². The van der Waals surface area contributed by atoms with Gasteiger partial charge in [0.2, 0.25) is 0 Å². The van der Waals surface area contributed by atoms with Crippen molar-refractivity contribution < 1.29 is 0 Å². The zero-order chi connectivity index (χ0) is 12.3. The highest BCUT2D eigenvalue weighted by Gasteiger charge is 2.08. The van der Waals surface area contributed by atoms with E-state index in [1.165, 1.54) is 5.56 Å². The third kappa shape index (κ3) is 3.03. The first-order valence-electron chi connectivity index (χ1n) is 5.85. The van der Waals surface area contributed by atoms with E-state index in [2.05, 4.69) is 40.7 Å². The van der Waals surface area contributed by atoms with Gasteiger partial charge in [-0.3, -0.25) is 9.67 Å². The van der Waals surface area contributed by atoms with Crippen molar-refractivity contribution in [2.45, 2.75) is 26.8 Å². The number of aromatic nitrogens is 3. The van der Waals surface area contributed by atoms with Gasteiger partial charge in [-0.25, -0.2) is 0 Å². The van der Waals surface area contributed by atoms with Crippen LogP contribution >= 0.6 is 12.2 Å². The van der Waals surface area contributed by atoms with E-state index >= 15 is 0 Å². The number of benzene rings is 1. The monoisotopic (exact) mass is 247 g/mol. The Morgan fingerprint density at radius 1 is 1.29 bits per heavy atom. The van der Waals surface area contributed by atoms with Crippen LogP contribution in [0.2, 0.25) is 0 Å². The Labute approximate surface area is 106 Å². The van der Waals surface area contributed by atoms with Crippen LogP contribution in [0, 0.1) is 10.7 Å². The predicted molar refractivity (Wildman–Crippen MR) is 71.5 cm³/mol. The average molecular weight is 247 g/mol. The summed E-state index contributed by atoms with van der Waals surface area (Å²) < 4.78 is 2.77. The van der Waals surface area contributed by atoms with E-state index in [-0.39, 0.29) is 0 Å². The summed E-state index contributed by atoms with van der Waals surface area (Å²) in [6.45, 7) is 5.16. The molecule has 2 aromatic rings. The van der Waals surface area contributed by atoms with Crippen molar-refractivity contribution in [2.75, 3.05) is 0 Å². The first kappa shape index (κ1) is 12.0. The Balaban J connectivity index is 2.26. The van der Waals surface area contributed by atoms with E-state index in [4.69, 9.17) is 12.2 Å². The SMILES string of the molecule is CC(C)Cc1n[nH]c(=S)n1Cc1ccccc1. The quantitative estimate of drug-likeness (QED) is 0.842. The van der Waals surface area contributed by atoms with Crippen LogP contribution in [-0.4, -0.2) is 14.8 Å². The summed E-state index contributed by atoms with van der Waals surface area (Å²) in [4.78, 5) is 0. The van der Waals surface area contributed by atoms with Crippen molar-refractivity contribution >= 4 is 12.2 Å². The van der Waals surface area contributed by atoms with E-state index in [9.17, 15) is 0 Å². The molecule has 17 heavy (non-hydrogen) atoms. The molecule has 0 saturated heterocycles. The minimum atomic E-state index is 0.578. The van der Waals surface area contributed by atoms with Crippen LogP contribution in [0.5, 0.6) is 0 Å². The molecule has 4 heteroatoms. The number of H-pyrrole nitrogens is 1. The first-order chi connectivity index (χ1) is 8.16. The molecule has 1 N–H and O–H groups in total. The number of nitrogens with zero attached hydrogens (tertiary/aromatic N) is 2. The largest absolute Gasteiger partial charge is 0.300 e. The topological polar surface area (TPSA) is 33.6 Å². The van der Waals surface area contributed by atoms with Crippen LogP contribution < -0.4 is 0 Å².